The predicted octanol–water partition coefficient (Wildman–Crippen LogP) is 5.39. The van der Waals surface area contributed by atoms with E-state index in [4.69, 9.17) is 13.9 Å². The average Bonchev–Trinajstić information content (AvgIpc) is 3.55. The number of nitrogens with zero attached hydrogens (tertiary/aromatic N) is 3. The van der Waals surface area contributed by atoms with Gasteiger partial charge in [-0.15, -0.1) is 11.3 Å². The molecule has 1 aliphatic rings. The van der Waals surface area contributed by atoms with Crippen LogP contribution in [0.3, 0.4) is 0 Å². The van der Waals surface area contributed by atoms with E-state index in [0.29, 0.717) is 11.5 Å². The number of furan rings is 1. The Kier molecular flexibility index (Phi) is 4.96. The molecule has 1 fully saturated rings. The van der Waals surface area contributed by atoms with E-state index < -0.39 is 0 Å². The van der Waals surface area contributed by atoms with Crippen LogP contribution in [0.15, 0.2) is 63.2 Å². The molecule has 4 aromatic rings. The van der Waals surface area contributed by atoms with Gasteiger partial charge in [0, 0.05) is 30.0 Å². The van der Waals surface area contributed by atoms with Gasteiger partial charge in [-0.1, -0.05) is 35.5 Å². The van der Waals surface area contributed by atoms with Gasteiger partial charge in [-0.05, 0) is 25.8 Å². The molecular formula is C23H21N3O3S. The summed E-state index contributed by atoms with van der Waals surface area (Å²) < 4.78 is 10.5. The number of amides is 1. The summed E-state index contributed by atoms with van der Waals surface area (Å²) >= 11 is 1.68. The quantitative estimate of drug-likeness (QED) is 0.444. The van der Waals surface area contributed by atoms with Crippen LogP contribution in [0.25, 0.3) is 22.5 Å². The summed E-state index contributed by atoms with van der Waals surface area (Å²) in [5.74, 6) is 1.17. The van der Waals surface area contributed by atoms with E-state index >= 15 is 0 Å². The van der Waals surface area contributed by atoms with E-state index in [1.165, 1.54) is 12.5 Å². The van der Waals surface area contributed by atoms with E-state index in [9.17, 15) is 4.79 Å². The van der Waals surface area contributed by atoms with Crippen molar-refractivity contribution in [3.8, 4) is 22.5 Å². The lowest BCUT2D eigenvalue weighted by molar-refractivity contribution is 0.0712. The van der Waals surface area contributed by atoms with Crippen LogP contribution in [0.2, 0.25) is 0 Å². The second-order valence-electron chi connectivity index (χ2n) is 7.48. The van der Waals surface area contributed by atoms with Crippen LogP contribution < -0.4 is 0 Å². The molecule has 0 saturated carbocycles. The standard InChI is InChI=1S/C23H21N3O3S/c1-15-20(21(25-29-15)16-5-3-2-4-6-16)19-14-30-22(24-19)17-7-10-26(11-8-17)23(27)18-9-12-28-13-18/h2-6,9,12-14,17H,7-8,10-11H2,1H3. The third-order valence-electron chi connectivity index (χ3n) is 5.59. The normalized spacial score (nSPS) is 14.9. The van der Waals surface area contributed by atoms with E-state index in [0.717, 1.165) is 59.2 Å². The molecule has 30 heavy (non-hydrogen) atoms. The smallest absolute Gasteiger partial charge is 0.257 e. The van der Waals surface area contributed by atoms with E-state index in [1.54, 1.807) is 17.4 Å². The molecule has 7 heteroatoms. The van der Waals surface area contributed by atoms with Gasteiger partial charge in [-0.2, -0.15) is 0 Å². The number of carbonyl (C=O) groups is 1. The number of rotatable bonds is 4. The van der Waals surface area contributed by atoms with Crippen LogP contribution in [-0.4, -0.2) is 34.0 Å². The molecule has 0 bridgehead atoms. The third-order valence-corrected chi connectivity index (χ3v) is 6.59. The highest BCUT2D eigenvalue weighted by atomic mass is 32.1. The van der Waals surface area contributed by atoms with Gasteiger partial charge in [0.25, 0.3) is 5.91 Å². The van der Waals surface area contributed by atoms with Crippen molar-refractivity contribution >= 4 is 17.2 Å². The molecule has 1 aliphatic heterocycles. The van der Waals surface area contributed by atoms with Gasteiger partial charge in [0.05, 0.1) is 28.1 Å². The number of thiazole rings is 1. The van der Waals surface area contributed by atoms with Crippen LogP contribution in [0.5, 0.6) is 0 Å². The molecule has 0 N–H and O–H groups in total. The van der Waals surface area contributed by atoms with Crippen molar-refractivity contribution in [1.82, 2.24) is 15.0 Å². The molecule has 1 aromatic carbocycles. The van der Waals surface area contributed by atoms with Gasteiger partial charge < -0.3 is 13.8 Å². The minimum absolute atomic E-state index is 0.0367. The lowest BCUT2D eigenvalue weighted by Gasteiger charge is -2.30. The summed E-state index contributed by atoms with van der Waals surface area (Å²) in [5.41, 5.74) is 4.32. The van der Waals surface area contributed by atoms with Gasteiger partial charge in [0.2, 0.25) is 0 Å². The summed E-state index contributed by atoms with van der Waals surface area (Å²) in [6, 6.07) is 11.7. The lowest BCUT2D eigenvalue weighted by Crippen LogP contribution is -2.37. The largest absolute Gasteiger partial charge is 0.472 e. The number of carbonyl (C=O) groups excluding carboxylic acids is 1. The Morgan fingerprint density at radius 1 is 1.17 bits per heavy atom. The first kappa shape index (κ1) is 18.8. The van der Waals surface area contributed by atoms with Crippen molar-refractivity contribution < 1.29 is 13.7 Å². The molecule has 0 unspecified atom stereocenters. The molecule has 4 heterocycles. The van der Waals surface area contributed by atoms with Crippen LogP contribution >= 0.6 is 11.3 Å². The fourth-order valence-electron chi connectivity index (χ4n) is 3.96. The Morgan fingerprint density at radius 2 is 1.97 bits per heavy atom. The number of likely N-dealkylation sites (tertiary alicyclic amines) is 1. The number of aryl methyl sites for hydroxylation is 1. The summed E-state index contributed by atoms with van der Waals surface area (Å²) in [4.78, 5) is 19.3. The highest BCUT2D eigenvalue weighted by Crippen LogP contribution is 2.38. The minimum Gasteiger partial charge on any atom is -0.472 e. The van der Waals surface area contributed by atoms with Gasteiger partial charge in [-0.25, -0.2) is 4.98 Å². The van der Waals surface area contributed by atoms with E-state index in [-0.39, 0.29) is 5.91 Å². The maximum Gasteiger partial charge on any atom is 0.257 e. The number of hydrogen-bond donors (Lipinski definition) is 0. The van der Waals surface area contributed by atoms with Crippen molar-refractivity contribution in [3.05, 3.63) is 70.6 Å². The van der Waals surface area contributed by atoms with Crippen molar-refractivity contribution in [2.24, 2.45) is 0 Å². The monoisotopic (exact) mass is 419 g/mol. The molecule has 0 spiro atoms. The fraction of sp³-hybridized carbons (Fsp3) is 0.261. The molecule has 5 rings (SSSR count). The maximum absolute atomic E-state index is 12.5. The van der Waals surface area contributed by atoms with Crippen LogP contribution in [0.4, 0.5) is 0 Å². The van der Waals surface area contributed by atoms with Crippen LogP contribution in [0.1, 0.15) is 39.9 Å². The minimum atomic E-state index is 0.0367. The zero-order valence-electron chi connectivity index (χ0n) is 16.6. The topological polar surface area (TPSA) is 72.4 Å². The van der Waals surface area contributed by atoms with Crippen LogP contribution in [-0.2, 0) is 0 Å². The van der Waals surface area contributed by atoms with Crippen LogP contribution in [0, 0.1) is 6.92 Å². The van der Waals surface area contributed by atoms with Gasteiger partial charge in [0.15, 0.2) is 0 Å². The third kappa shape index (κ3) is 3.45. The molecule has 1 saturated heterocycles. The van der Waals surface area contributed by atoms with E-state index in [2.05, 4.69) is 10.5 Å². The van der Waals surface area contributed by atoms with Crippen molar-refractivity contribution in [1.29, 1.82) is 0 Å². The molecule has 0 radical (unpaired) electrons. The molecule has 0 atom stereocenters. The summed E-state index contributed by atoms with van der Waals surface area (Å²) in [6.07, 6.45) is 4.86. The second kappa shape index (κ2) is 7.91. The van der Waals surface area contributed by atoms with Gasteiger partial charge in [0.1, 0.15) is 17.7 Å². The summed E-state index contributed by atoms with van der Waals surface area (Å²) in [5, 5.41) is 7.47. The zero-order valence-corrected chi connectivity index (χ0v) is 17.4. The van der Waals surface area contributed by atoms with Gasteiger partial charge >= 0.3 is 0 Å². The van der Waals surface area contributed by atoms with Crippen molar-refractivity contribution in [2.75, 3.05) is 13.1 Å². The number of aromatic nitrogens is 2. The molecular weight excluding hydrogens is 398 g/mol. The molecule has 152 valence electrons. The zero-order chi connectivity index (χ0) is 20.5. The molecule has 6 nitrogen and oxygen atoms in total. The highest BCUT2D eigenvalue weighted by Gasteiger charge is 2.27. The Balaban J connectivity index is 1.33. The number of piperidine rings is 1. The predicted molar refractivity (Wildman–Crippen MR) is 114 cm³/mol. The first-order chi connectivity index (χ1) is 14.7. The lowest BCUT2D eigenvalue weighted by atomic mass is 9.97. The number of benzene rings is 1. The Morgan fingerprint density at radius 3 is 2.70 bits per heavy atom. The Bertz CT molecular complexity index is 1140. The summed E-state index contributed by atoms with van der Waals surface area (Å²) in [7, 11) is 0. The first-order valence-electron chi connectivity index (χ1n) is 9.99. The Hall–Kier alpha value is -3.19. The SMILES string of the molecule is Cc1onc(-c2ccccc2)c1-c1csc(C2CCN(C(=O)c3ccoc3)CC2)n1. The highest BCUT2D eigenvalue weighted by molar-refractivity contribution is 7.10. The fourth-order valence-corrected chi connectivity index (χ4v) is 4.94. The molecule has 1 amide bonds. The summed E-state index contributed by atoms with van der Waals surface area (Å²) in [6.45, 7) is 3.38. The molecule has 3 aromatic heterocycles. The van der Waals surface area contributed by atoms with Gasteiger partial charge in [-0.3, -0.25) is 4.79 Å². The molecule has 0 aliphatic carbocycles. The van der Waals surface area contributed by atoms with E-state index in [1.807, 2.05) is 42.2 Å². The average molecular weight is 420 g/mol. The Labute approximate surface area is 178 Å². The van der Waals surface area contributed by atoms with Crippen molar-refractivity contribution in [2.45, 2.75) is 25.7 Å². The van der Waals surface area contributed by atoms with Crippen molar-refractivity contribution in [3.63, 3.8) is 0 Å². The first-order valence-corrected chi connectivity index (χ1v) is 10.9. The maximum atomic E-state index is 12.5. The second-order valence-corrected chi connectivity index (χ2v) is 8.37. The number of hydrogen-bond acceptors (Lipinski definition) is 6.